The fourth-order valence-electron chi connectivity index (χ4n) is 1.72. The third-order valence-electron chi connectivity index (χ3n) is 2.94. The van der Waals surface area contributed by atoms with Crippen LogP contribution in [0.4, 0.5) is 5.69 Å². The van der Waals surface area contributed by atoms with E-state index >= 15 is 0 Å². The molecule has 0 radical (unpaired) electrons. The molecule has 2 rings (SSSR count). The Balaban J connectivity index is 2.39. The molecule has 4 nitrogen and oxygen atoms in total. The van der Waals surface area contributed by atoms with Gasteiger partial charge in [0.2, 0.25) is 5.91 Å². The van der Waals surface area contributed by atoms with Crippen LogP contribution in [0.15, 0.2) is 30.3 Å². The Morgan fingerprint density at radius 2 is 2.06 bits per heavy atom. The van der Waals surface area contributed by atoms with Crippen LogP contribution in [0.3, 0.4) is 0 Å². The van der Waals surface area contributed by atoms with Crippen molar-refractivity contribution in [2.24, 2.45) is 0 Å². The van der Waals surface area contributed by atoms with Gasteiger partial charge in [-0.3, -0.25) is 9.78 Å². The summed E-state index contributed by atoms with van der Waals surface area (Å²) in [5, 5.41) is 6.83. The van der Waals surface area contributed by atoms with Gasteiger partial charge in [0.15, 0.2) is 0 Å². The van der Waals surface area contributed by atoms with Crippen molar-refractivity contribution in [3.05, 3.63) is 36.0 Å². The molecule has 1 aromatic heterocycles. The van der Waals surface area contributed by atoms with Crippen molar-refractivity contribution in [1.29, 1.82) is 0 Å². The summed E-state index contributed by atoms with van der Waals surface area (Å²) in [7, 11) is 1.76. The van der Waals surface area contributed by atoms with Crippen LogP contribution in [0.1, 0.15) is 12.6 Å². The van der Waals surface area contributed by atoms with Crippen LogP contribution in [0.2, 0.25) is 0 Å². The SMILES string of the molecule is CNC(C)C(=O)Nc1cccc2ccc(C)nc12. The Hall–Kier alpha value is -1.94. The van der Waals surface area contributed by atoms with E-state index in [0.717, 1.165) is 22.3 Å². The molecule has 0 aliphatic rings. The van der Waals surface area contributed by atoms with Crippen molar-refractivity contribution in [1.82, 2.24) is 10.3 Å². The van der Waals surface area contributed by atoms with Crippen molar-refractivity contribution < 1.29 is 4.79 Å². The van der Waals surface area contributed by atoms with Gasteiger partial charge in [0, 0.05) is 11.1 Å². The maximum atomic E-state index is 11.9. The number of amides is 1. The molecule has 0 aliphatic heterocycles. The predicted octanol–water partition coefficient (Wildman–Crippen LogP) is 2.09. The van der Waals surface area contributed by atoms with Crippen LogP contribution in [-0.4, -0.2) is 24.0 Å². The van der Waals surface area contributed by atoms with Crippen molar-refractivity contribution in [2.75, 3.05) is 12.4 Å². The Labute approximate surface area is 106 Å². The topological polar surface area (TPSA) is 54.0 Å². The molecule has 94 valence electrons. The lowest BCUT2D eigenvalue weighted by Gasteiger charge is -2.12. The number of carbonyl (C=O) groups is 1. The number of nitrogens with one attached hydrogen (secondary N) is 2. The Morgan fingerprint density at radius 1 is 1.28 bits per heavy atom. The van der Waals surface area contributed by atoms with Gasteiger partial charge in [0.25, 0.3) is 0 Å². The molecule has 1 aromatic carbocycles. The largest absolute Gasteiger partial charge is 0.323 e. The average Bonchev–Trinajstić information content (AvgIpc) is 2.38. The molecule has 1 heterocycles. The summed E-state index contributed by atoms with van der Waals surface area (Å²) < 4.78 is 0. The number of aryl methyl sites for hydroxylation is 1. The van der Waals surface area contributed by atoms with Gasteiger partial charge in [0.1, 0.15) is 0 Å². The molecule has 0 saturated carbocycles. The molecule has 2 aromatic rings. The van der Waals surface area contributed by atoms with E-state index in [1.165, 1.54) is 0 Å². The molecule has 0 bridgehead atoms. The summed E-state index contributed by atoms with van der Waals surface area (Å²) >= 11 is 0. The minimum Gasteiger partial charge on any atom is -0.323 e. The van der Waals surface area contributed by atoms with E-state index in [9.17, 15) is 4.79 Å². The number of rotatable bonds is 3. The van der Waals surface area contributed by atoms with Gasteiger partial charge in [-0.1, -0.05) is 18.2 Å². The van der Waals surface area contributed by atoms with E-state index in [2.05, 4.69) is 15.6 Å². The van der Waals surface area contributed by atoms with Crippen LogP contribution in [-0.2, 0) is 4.79 Å². The normalized spacial score (nSPS) is 12.4. The summed E-state index contributed by atoms with van der Waals surface area (Å²) in [6.07, 6.45) is 0. The predicted molar refractivity (Wildman–Crippen MR) is 73.6 cm³/mol. The number of nitrogens with zero attached hydrogens (tertiary/aromatic N) is 1. The van der Waals surface area contributed by atoms with E-state index in [-0.39, 0.29) is 11.9 Å². The number of likely N-dealkylation sites (N-methyl/N-ethyl adjacent to an activating group) is 1. The van der Waals surface area contributed by atoms with Gasteiger partial charge < -0.3 is 10.6 Å². The molecule has 1 unspecified atom stereocenters. The van der Waals surface area contributed by atoms with E-state index in [0.29, 0.717) is 0 Å². The van der Waals surface area contributed by atoms with Crippen LogP contribution in [0.5, 0.6) is 0 Å². The van der Waals surface area contributed by atoms with Gasteiger partial charge in [-0.05, 0) is 33.0 Å². The summed E-state index contributed by atoms with van der Waals surface area (Å²) in [5.74, 6) is -0.0618. The monoisotopic (exact) mass is 243 g/mol. The van der Waals surface area contributed by atoms with Crippen LogP contribution in [0, 0.1) is 6.92 Å². The zero-order chi connectivity index (χ0) is 13.1. The second-order valence-corrected chi connectivity index (χ2v) is 4.33. The average molecular weight is 243 g/mol. The fourth-order valence-corrected chi connectivity index (χ4v) is 1.72. The van der Waals surface area contributed by atoms with Crippen molar-refractivity contribution >= 4 is 22.5 Å². The summed E-state index contributed by atoms with van der Waals surface area (Å²) in [5.41, 5.74) is 2.52. The second kappa shape index (κ2) is 5.14. The standard InChI is InChI=1S/C14H17N3O/c1-9-7-8-11-5-4-6-12(13(11)16-9)17-14(18)10(2)15-3/h4-8,10,15H,1-3H3,(H,17,18). The first-order valence-corrected chi connectivity index (χ1v) is 5.96. The molecular formula is C14H17N3O. The highest BCUT2D eigenvalue weighted by Gasteiger charge is 2.12. The third-order valence-corrected chi connectivity index (χ3v) is 2.94. The molecule has 18 heavy (non-hydrogen) atoms. The molecule has 0 fully saturated rings. The first-order chi connectivity index (χ1) is 8.61. The summed E-state index contributed by atoms with van der Waals surface area (Å²) in [4.78, 5) is 16.3. The minimum absolute atomic E-state index is 0.0618. The lowest BCUT2D eigenvalue weighted by atomic mass is 10.1. The zero-order valence-electron chi connectivity index (χ0n) is 10.8. The van der Waals surface area contributed by atoms with Crippen molar-refractivity contribution in [3.8, 4) is 0 Å². The first kappa shape index (κ1) is 12.5. The molecular weight excluding hydrogens is 226 g/mol. The molecule has 1 atom stereocenters. The van der Waals surface area contributed by atoms with Gasteiger partial charge in [-0.2, -0.15) is 0 Å². The maximum Gasteiger partial charge on any atom is 0.241 e. The van der Waals surface area contributed by atoms with Crippen LogP contribution >= 0.6 is 0 Å². The van der Waals surface area contributed by atoms with E-state index in [1.807, 2.05) is 44.2 Å². The highest BCUT2D eigenvalue weighted by atomic mass is 16.2. The number of carbonyl (C=O) groups excluding carboxylic acids is 1. The first-order valence-electron chi connectivity index (χ1n) is 5.96. The Morgan fingerprint density at radius 3 is 2.78 bits per heavy atom. The van der Waals surface area contributed by atoms with Crippen LogP contribution in [0.25, 0.3) is 10.9 Å². The number of hydrogen-bond acceptors (Lipinski definition) is 3. The lowest BCUT2D eigenvalue weighted by Crippen LogP contribution is -2.35. The molecule has 0 aliphatic carbocycles. The highest BCUT2D eigenvalue weighted by molar-refractivity contribution is 6.02. The lowest BCUT2D eigenvalue weighted by molar-refractivity contribution is -0.117. The molecule has 4 heteroatoms. The molecule has 1 amide bonds. The molecule has 2 N–H and O–H groups in total. The van der Waals surface area contributed by atoms with Crippen LogP contribution < -0.4 is 10.6 Å². The fraction of sp³-hybridized carbons (Fsp3) is 0.286. The van der Waals surface area contributed by atoms with Crippen molar-refractivity contribution in [3.63, 3.8) is 0 Å². The maximum absolute atomic E-state index is 11.9. The number of aromatic nitrogens is 1. The van der Waals surface area contributed by atoms with Gasteiger partial charge in [-0.25, -0.2) is 0 Å². The number of anilines is 1. The van der Waals surface area contributed by atoms with Gasteiger partial charge in [0.05, 0.1) is 17.2 Å². The third kappa shape index (κ3) is 2.49. The Bertz CT molecular complexity index is 580. The number of hydrogen-bond donors (Lipinski definition) is 2. The highest BCUT2D eigenvalue weighted by Crippen LogP contribution is 2.21. The Kier molecular flexibility index (Phi) is 3.58. The van der Waals surface area contributed by atoms with Gasteiger partial charge in [-0.15, -0.1) is 0 Å². The quantitative estimate of drug-likeness (QED) is 0.868. The number of pyridine rings is 1. The summed E-state index contributed by atoms with van der Waals surface area (Å²) in [6, 6.07) is 9.51. The number of benzene rings is 1. The van der Waals surface area contributed by atoms with Gasteiger partial charge >= 0.3 is 0 Å². The molecule has 0 saturated heterocycles. The summed E-state index contributed by atoms with van der Waals surface area (Å²) in [6.45, 7) is 3.76. The zero-order valence-corrected chi connectivity index (χ0v) is 10.8. The number of para-hydroxylation sites is 1. The van der Waals surface area contributed by atoms with E-state index in [4.69, 9.17) is 0 Å². The van der Waals surface area contributed by atoms with Crippen molar-refractivity contribution in [2.45, 2.75) is 19.9 Å². The minimum atomic E-state index is -0.231. The second-order valence-electron chi connectivity index (χ2n) is 4.33. The van der Waals surface area contributed by atoms with E-state index < -0.39 is 0 Å². The number of fused-ring (bicyclic) bond motifs is 1. The molecule has 0 spiro atoms. The van der Waals surface area contributed by atoms with E-state index in [1.54, 1.807) is 7.05 Å². The smallest absolute Gasteiger partial charge is 0.241 e.